The highest BCUT2D eigenvalue weighted by Gasteiger charge is 2.46. The molecular weight excluding hydrogens is 200 g/mol. The monoisotopic (exact) mass is 214 g/mol. The van der Waals surface area contributed by atoms with E-state index in [1.54, 1.807) is 0 Å². The Labute approximate surface area is 76.0 Å². The van der Waals surface area contributed by atoms with Crippen LogP contribution >= 0.6 is 0 Å². The Hall–Kier alpha value is 0.347. The average molecular weight is 215 g/mol. The van der Waals surface area contributed by atoms with E-state index in [-0.39, 0.29) is 0 Å². The molecular formula is C6H15ClO4Si. The van der Waals surface area contributed by atoms with Gasteiger partial charge in [-0.15, -0.1) is 0 Å². The van der Waals surface area contributed by atoms with Crippen molar-refractivity contribution in [2.75, 3.05) is 0 Å². The van der Waals surface area contributed by atoms with Crippen molar-refractivity contribution in [2.24, 2.45) is 0 Å². The van der Waals surface area contributed by atoms with Crippen molar-refractivity contribution in [3.8, 4) is 0 Å². The predicted octanol–water partition coefficient (Wildman–Crippen LogP) is -1.09. The van der Waals surface area contributed by atoms with Gasteiger partial charge in [0.15, 0.2) is 0 Å². The summed E-state index contributed by atoms with van der Waals surface area (Å²) in [4.78, 5) is 0. The molecule has 0 aromatic rings. The lowest BCUT2D eigenvalue weighted by Gasteiger charge is -2.24. The zero-order chi connectivity index (χ0) is 9.83. The van der Waals surface area contributed by atoms with E-state index in [4.69, 9.17) is 0 Å². The maximum atomic E-state index is 10.4. The molecule has 0 atom stereocenters. The molecule has 4 nitrogen and oxygen atoms in total. The molecule has 0 radical (unpaired) electrons. The number of rotatable bonds is 5. The van der Waals surface area contributed by atoms with Crippen LogP contribution < -0.4 is 14.0 Å². The topological polar surface area (TPSA) is 78.4 Å². The van der Waals surface area contributed by atoms with Crippen LogP contribution in [-0.2, 0) is 3.98 Å². The van der Waals surface area contributed by atoms with Gasteiger partial charge in [0.05, 0.1) is 10.2 Å². The molecule has 0 amide bonds. The lowest BCUT2D eigenvalue weighted by Crippen LogP contribution is -2.65. The number of hydrogen-bond acceptors (Lipinski definition) is 4. The normalized spacial score (nSPS) is 13.5. The molecule has 12 heavy (non-hydrogen) atoms. The van der Waals surface area contributed by atoms with E-state index >= 15 is 0 Å². The minimum absolute atomic E-state index is 0.661. The van der Waals surface area contributed by atoms with Crippen molar-refractivity contribution in [3.63, 3.8) is 0 Å². The van der Waals surface area contributed by atoms with Crippen molar-refractivity contribution >= 4 is 8.32 Å². The highest BCUT2D eigenvalue weighted by molar-refractivity contribution is 6.73. The Kier molecular flexibility index (Phi) is 4.68. The van der Waals surface area contributed by atoms with Gasteiger partial charge in [-0.1, -0.05) is 20.8 Å². The van der Waals surface area contributed by atoms with Gasteiger partial charge < -0.3 is 0 Å². The quantitative estimate of drug-likeness (QED) is 0.545. The maximum absolute atomic E-state index is 10.4. The lowest BCUT2D eigenvalue weighted by atomic mass is 10.9. The SMILES string of the molecule is CC[Si](CC)(CC)O[Cl+3]([O-])([O-])[O-]. The molecule has 0 aliphatic carbocycles. The second kappa shape index (κ2) is 4.55. The summed E-state index contributed by atoms with van der Waals surface area (Å²) in [6.07, 6.45) is 0. The van der Waals surface area contributed by atoms with Gasteiger partial charge in [0.1, 0.15) is 0 Å². The van der Waals surface area contributed by atoms with Crippen LogP contribution in [0.2, 0.25) is 18.1 Å². The van der Waals surface area contributed by atoms with E-state index in [1.165, 1.54) is 0 Å². The molecule has 0 rings (SSSR count). The summed E-state index contributed by atoms with van der Waals surface area (Å²) >= 11 is 0. The average Bonchev–Trinajstić information content (AvgIpc) is 1.99. The molecule has 74 valence electrons. The molecule has 0 heterocycles. The van der Waals surface area contributed by atoms with Crippen molar-refractivity contribution in [3.05, 3.63) is 0 Å². The summed E-state index contributed by atoms with van der Waals surface area (Å²) in [7, 11) is -6.50. The fourth-order valence-electron chi connectivity index (χ4n) is 1.11. The van der Waals surface area contributed by atoms with E-state index in [0.29, 0.717) is 18.1 Å². The lowest BCUT2D eigenvalue weighted by molar-refractivity contribution is -1.91. The first-order valence-corrected chi connectivity index (χ1v) is 7.77. The van der Waals surface area contributed by atoms with Gasteiger partial charge in [0, 0.05) is 0 Å². The van der Waals surface area contributed by atoms with Crippen LogP contribution in [0, 0.1) is 10.2 Å². The highest BCUT2D eigenvalue weighted by atomic mass is 35.7. The van der Waals surface area contributed by atoms with Crippen molar-refractivity contribution in [2.45, 2.75) is 38.9 Å². The standard InChI is InChI=1S/C6H15ClO4Si/c1-4-12(5-2,6-3)11-7(8,9)10/h4-6H2,1-3H3. The van der Waals surface area contributed by atoms with E-state index < -0.39 is 18.6 Å². The first-order chi connectivity index (χ1) is 5.39. The molecule has 0 saturated carbocycles. The summed E-state index contributed by atoms with van der Waals surface area (Å²) < 4.78 is 35.7. The number of halogens is 1. The summed E-state index contributed by atoms with van der Waals surface area (Å²) in [5.74, 6) is 0. The second-order valence-electron chi connectivity index (χ2n) is 2.70. The fraction of sp³-hybridized carbons (Fsp3) is 1.00. The van der Waals surface area contributed by atoms with Crippen LogP contribution in [-0.4, -0.2) is 8.32 Å². The second-order valence-corrected chi connectivity index (χ2v) is 8.56. The van der Waals surface area contributed by atoms with Crippen molar-refractivity contribution in [1.29, 1.82) is 0 Å². The molecule has 0 unspecified atom stereocenters. The first kappa shape index (κ1) is 12.3. The zero-order valence-corrected chi connectivity index (χ0v) is 9.39. The molecule has 0 aromatic carbocycles. The van der Waals surface area contributed by atoms with Gasteiger partial charge in [-0.05, 0) is 22.1 Å². The molecule has 6 heteroatoms. The largest absolute Gasteiger partial charge is 0.402 e. The smallest absolute Gasteiger partial charge is 0.185 e. The predicted molar refractivity (Wildman–Crippen MR) is 38.3 cm³/mol. The van der Waals surface area contributed by atoms with Gasteiger partial charge in [-0.2, -0.15) is 14.0 Å². The minimum Gasteiger partial charge on any atom is -0.185 e. The summed E-state index contributed by atoms with van der Waals surface area (Å²) in [6, 6.07) is 1.98. The molecule has 0 aromatic heterocycles. The molecule has 0 aliphatic heterocycles. The zero-order valence-electron chi connectivity index (χ0n) is 7.63. The maximum Gasteiger partial charge on any atom is 0.402 e. The molecule has 0 aliphatic rings. The van der Waals surface area contributed by atoms with Gasteiger partial charge >= 0.3 is 8.32 Å². The van der Waals surface area contributed by atoms with Crippen LogP contribution in [0.5, 0.6) is 0 Å². The molecule has 0 saturated heterocycles. The minimum atomic E-state index is -4.24. The van der Waals surface area contributed by atoms with Crippen LogP contribution in [0.15, 0.2) is 0 Å². The summed E-state index contributed by atoms with van der Waals surface area (Å²) in [6.45, 7) is 5.58. The third-order valence-electron chi connectivity index (χ3n) is 2.19. The van der Waals surface area contributed by atoms with Crippen LogP contribution in [0.1, 0.15) is 20.8 Å². The Bertz CT molecular complexity index is 124. The van der Waals surface area contributed by atoms with Gasteiger partial charge in [-0.25, -0.2) is 0 Å². The van der Waals surface area contributed by atoms with Gasteiger partial charge in [0.2, 0.25) is 0 Å². The summed E-state index contributed by atoms with van der Waals surface area (Å²) in [5, 5.41) is 0. The van der Waals surface area contributed by atoms with Crippen molar-refractivity contribution < 1.29 is 28.2 Å². The summed E-state index contributed by atoms with van der Waals surface area (Å²) in [5.41, 5.74) is 0. The highest BCUT2D eigenvalue weighted by Crippen LogP contribution is 2.23. The Balaban J connectivity index is 4.30. The molecule has 0 bridgehead atoms. The van der Waals surface area contributed by atoms with E-state index in [1.807, 2.05) is 20.8 Å². The third-order valence-corrected chi connectivity index (χ3v) is 8.12. The van der Waals surface area contributed by atoms with E-state index in [9.17, 15) is 14.0 Å². The van der Waals surface area contributed by atoms with Crippen LogP contribution in [0.25, 0.3) is 0 Å². The van der Waals surface area contributed by atoms with Crippen molar-refractivity contribution in [1.82, 2.24) is 0 Å². The Morgan fingerprint density at radius 3 is 1.42 bits per heavy atom. The Morgan fingerprint density at radius 2 is 1.33 bits per heavy atom. The fourth-order valence-corrected chi connectivity index (χ4v) is 5.53. The first-order valence-electron chi connectivity index (χ1n) is 4.00. The van der Waals surface area contributed by atoms with E-state index in [0.717, 1.165) is 0 Å². The van der Waals surface area contributed by atoms with Crippen LogP contribution in [0.3, 0.4) is 0 Å². The third kappa shape index (κ3) is 3.84. The molecule has 0 spiro atoms. The molecule has 0 N–H and O–H groups in total. The number of hydrogen-bond donors (Lipinski definition) is 0. The Morgan fingerprint density at radius 1 is 1.00 bits per heavy atom. The molecule has 0 fully saturated rings. The van der Waals surface area contributed by atoms with Gasteiger partial charge in [-0.3, -0.25) is 0 Å². The van der Waals surface area contributed by atoms with Gasteiger partial charge in [0.25, 0.3) is 0 Å². The van der Waals surface area contributed by atoms with Crippen LogP contribution in [0.4, 0.5) is 0 Å². The van der Waals surface area contributed by atoms with E-state index in [2.05, 4.69) is 3.98 Å².